The Morgan fingerprint density at radius 3 is 2.58 bits per heavy atom. The first-order valence-electron chi connectivity index (χ1n) is 8.63. The molecule has 0 aliphatic carbocycles. The molecule has 0 spiro atoms. The van der Waals surface area contributed by atoms with Crippen LogP contribution in [0.25, 0.3) is 0 Å². The lowest BCUT2D eigenvalue weighted by atomic mass is 10.1. The van der Waals surface area contributed by atoms with Crippen LogP contribution >= 0.6 is 0 Å². The van der Waals surface area contributed by atoms with Gasteiger partial charge in [-0.3, -0.25) is 0 Å². The van der Waals surface area contributed by atoms with Gasteiger partial charge in [0.25, 0.3) is 0 Å². The predicted octanol–water partition coefficient (Wildman–Crippen LogP) is 4.23. The van der Waals surface area contributed by atoms with Gasteiger partial charge in [0.15, 0.2) is 11.5 Å². The summed E-state index contributed by atoms with van der Waals surface area (Å²) in [6.45, 7) is 0.584. The molecule has 2 heterocycles. The Labute approximate surface area is 152 Å². The maximum atomic E-state index is 6.00. The number of anilines is 1. The summed E-state index contributed by atoms with van der Waals surface area (Å²) < 4.78 is 17.5. The fraction of sp³-hybridized carbons (Fsp3) is 0.190. The molecule has 0 saturated carbocycles. The third kappa shape index (κ3) is 3.88. The van der Waals surface area contributed by atoms with Crippen molar-refractivity contribution >= 4 is 5.69 Å². The average molecular weight is 348 g/mol. The van der Waals surface area contributed by atoms with Gasteiger partial charge in [-0.1, -0.05) is 24.3 Å². The van der Waals surface area contributed by atoms with Crippen molar-refractivity contribution in [2.45, 2.75) is 18.9 Å². The van der Waals surface area contributed by atoms with E-state index in [2.05, 4.69) is 17.1 Å². The second-order valence-corrected chi connectivity index (χ2v) is 6.21. The molecule has 26 heavy (non-hydrogen) atoms. The third-order valence-corrected chi connectivity index (χ3v) is 4.23. The van der Waals surface area contributed by atoms with E-state index >= 15 is 0 Å². The standard InChI is InChI=1S/C21H20N2O3/c22-16-8-12-21(23-13-16)26-17-9-5-15(6-10-17)7-11-18-14-24-19-3-1-2-4-20(19)25-18/h1-6,8-10,12-13,18H,7,11,14,22H2/t18-/m1/s1. The Morgan fingerprint density at radius 2 is 1.81 bits per heavy atom. The Morgan fingerprint density at radius 1 is 1.00 bits per heavy atom. The first kappa shape index (κ1) is 16.3. The van der Waals surface area contributed by atoms with Gasteiger partial charge in [0.2, 0.25) is 5.88 Å². The lowest BCUT2D eigenvalue weighted by Crippen LogP contribution is -2.29. The number of hydrogen-bond acceptors (Lipinski definition) is 5. The molecular weight excluding hydrogens is 328 g/mol. The molecular formula is C21H20N2O3. The van der Waals surface area contributed by atoms with E-state index in [1.165, 1.54) is 5.56 Å². The number of aryl methyl sites for hydroxylation is 1. The molecule has 1 aromatic heterocycles. The quantitative estimate of drug-likeness (QED) is 0.747. The van der Waals surface area contributed by atoms with Gasteiger partial charge < -0.3 is 19.9 Å². The second kappa shape index (κ2) is 7.35. The lowest BCUT2D eigenvalue weighted by molar-refractivity contribution is 0.0851. The largest absolute Gasteiger partial charge is 0.486 e. The summed E-state index contributed by atoms with van der Waals surface area (Å²) in [6.07, 6.45) is 3.46. The Bertz CT molecular complexity index is 863. The van der Waals surface area contributed by atoms with Gasteiger partial charge >= 0.3 is 0 Å². The number of pyridine rings is 1. The Kier molecular flexibility index (Phi) is 4.60. The fourth-order valence-electron chi connectivity index (χ4n) is 2.83. The zero-order chi connectivity index (χ0) is 17.8. The Hall–Kier alpha value is -3.21. The smallest absolute Gasteiger partial charge is 0.219 e. The molecule has 1 atom stereocenters. The second-order valence-electron chi connectivity index (χ2n) is 6.21. The van der Waals surface area contributed by atoms with Crippen molar-refractivity contribution in [2.24, 2.45) is 0 Å². The van der Waals surface area contributed by atoms with E-state index in [4.69, 9.17) is 19.9 Å². The molecule has 5 nitrogen and oxygen atoms in total. The van der Waals surface area contributed by atoms with Crippen molar-refractivity contribution in [3.8, 4) is 23.1 Å². The molecule has 4 rings (SSSR count). The predicted molar refractivity (Wildman–Crippen MR) is 99.8 cm³/mol. The van der Waals surface area contributed by atoms with Gasteiger partial charge in [0.1, 0.15) is 18.5 Å². The molecule has 2 aromatic carbocycles. The first-order chi connectivity index (χ1) is 12.8. The molecule has 0 radical (unpaired) electrons. The van der Waals surface area contributed by atoms with E-state index in [-0.39, 0.29) is 6.10 Å². The van der Waals surface area contributed by atoms with Crippen molar-refractivity contribution in [3.05, 3.63) is 72.4 Å². The number of benzene rings is 2. The maximum absolute atomic E-state index is 6.00. The average Bonchev–Trinajstić information content (AvgIpc) is 2.69. The number of nitrogen functional groups attached to an aromatic ring is 1. The van der Waals surface area contributed by atoms with Gasteiger partial charge in [0, 0.05) is 6.07 Å². The zero-order valence-corrected chi connectivity index (χ0v) is 14.3. The molecule has 0 amide bonds. The van der Waals surface area contributed by atoms with Gasteiger partial charge in [-0.15, -0.1) is 0 Å². The Balaban J connectivity index is 1.31. The molecule has 0 fully saturated rings. The minimum Gasteiger partial charge on any atom is -0.486 e. The van der Waals surface area contributed by atoms with Crippen molar-refractivity contribution in [1.82, 2.24) is 4.98 Å². The van der Waals surface area contributed by atoms with Crippen molar-refractivity contribution < 1.29 is 14.2 Å². The van der Waals surface area contributed by atoms with Crippen LogP contribution in [0.5, 0.6) is 23.1 Å². The highest BCUT2D eigenvalue weighted by Gasteiger charge is 2.20. The molecule has 3 aromatic rings. The van der Waals surface area contributed by atoms with E-state index in [9.17, 15) is 0 Å². The molecule has 2 N–H and O–H groups in total. The van der Waals surface area contributed by atoms with Crippen LogP contribution in [0.2, 0.25) is 0 Å². The highest BCUT2D eigenvalue weighted by molar-refractivity contribution is 5.41. The van der Waals surface area contributed by atoms with E-state index < -0.39 is 0 Å². The monoisotopic (exact) mass is 348 g/mol. The minimum absolute atomic E-state index is 0.0693. The number of para-hydroxylation sites is 2. The van der Waals surface area contributed by atoms with Crippen molar-refractivity contribution in [1.29, 1.82) is 0 Å². The molecule has 1 aliphatic rings. The minimum atomic E-state index is 0.0693. The summed E-state index contributed by atoms with van der Waals surface area (Å²) in [5.41, 5.74) is 7.47. The van der Waals surface area contributed by atoms with Crippen molar-refractivity contribution in [2.75, 3.05) is 12.3 Å². The van der Waals surface area contributed by atoms with Crippen LogP contribution < -0.4 is 19.9 Å². The number of nitrogens with zero attached hydrogens (tertiary/aromatic N) is 1. The van der Waals surface area contributed by atoms with Gasteiger partial charge in [-0.05, 0) is 48.7 Å². The summed E-state index contributed by atoms with van der Waals surface area (Å²) >= 11 is 0. The SMILES string of the molecule is Nc1ccc(Oc2ccc(CC[C@@H]3COc4ccccc4O3)cc2)nc1. The first-order valence-corrected chi connectivity index (χ1v) is 8.63. The number of ether oxygens (including phenoxy) is 3. The summed E-state index contributed by atoms with van der Waals surface area (Å²) in [5.74, 6) is 2.92. The molecule has 0 saturated heterocycles. The van der Waals surface area contributed by atoms with Crippen LogP contribution in [0.4, 0.5) is 5.69 Å². The van der Waals surface area contributed by atoms with Gasteiger partial charge in [-0.25, -0.2) is 4.98 Å². The summed E-state index contributed by atoms with van der Waals surface area (Å²) in [4.78, 5) is 4.13. The van der Waals surface area contributed by atoms with E-state index in [0.29, 0.717) is 18.2 Å². The van der Waals surface area contributed by atoms with Crippen LogP contribution in [0, 0.1) is 0 Å². The van der Waals surface area contributed by atoms with Crippen LogP contribution in [0.15, 0.2) is 66.9 Å². The number of fused-ring (bicyclic) bond motifs is 1. The summed E-state index contributed by atoms with van der Waals surface area (Å²) in [6, 6.07) is 19.3. The highest BCUT2D eigenvalue weighted by atomic mass is 16.6. The van der Waals surface area contributed by atoms with E-state index in [0.717, 1.165) is 30.1 Å². The molecule has 1 aliphatic heterocycles. The number of aromatic nitrogens is 1. The highest BCUT2D eigenvalue weighted by Crippen LogP contribution is 2.32. The topological polar surface area (TPSA) is 66.6 Å². The van der Waals surface area contributed by atoms with Crippen molar-refractivity contribution in [3.63, 3.8) is 0 Å². The molecule has 0 bridgehead atoms. The van der Waals surface area contributed by atoms with Crippen LogP contribution in [-0.2, 0) is 6.42 Å². The number of hydrogen-bond donors (Lipinski definition) is 1. The third-order valence-electron chi connectivity index (χ3n) is 4.23. The van der Waals surface area contributed by atoms with E-state index in [1.807, 2.05) is 36.4 Å². The van der Waals surface area contributed by atoms with Crippen LogP contribution in [0.3, 0.4) is 0 Å². The summed E-state index contributed by atoms with van der Waals surface area (Å²) in [7, 11) is 0. The normalized spacial score (nSPS) is 15.5. The van der Waals surface area contributed by atoms with Crippen LogP contribution in [0.1, 0.15) is 12.0 Å². The fourth-order valence-corrected chi connectivity index (χ4v) is 2.83. The molecule has 0 unspecified atom stereocenters. The molecule has 132 valence electrons. The van der Waals surface area contributed by atoms with Gasteiger partial charge in [-0.2, -0.15) is 0 Å². The number of rotatable bonds is 5. The lowest BCUT2D eigenvalue weighted by Gasteiger charge is -2.26. The summed E-state index contributed by atoms with van der Waals surface area (Å²) in [5, 5.41) is 0. The zero-order valence-electron chi connectivity index (χ0n) is 14.3. The van der Waals surface area contributed by atoms with E-state index in [1.54, 1.807) is 18.3 Å². The molecule has 5 heteroatoms. The number of nitrogens with two attached hydrogens (primary N) is 1. The maximum Gasteiger partial charge on any atom is 0.219 e. The van der Waals surface area contributed by atoms with Gasteiger partial charge in [0.05, 0.1) is 11.9 Å². The van der Waals surface area contributed by atoms with Crippen LogP contribution in [-0.4, -0.2) is 17.7 Å².